The molecule has 7 nitrogen and oxygen atoms in total. The quantitative estimate of drug-likeness (QED) is 0.650. The van der Waals surface area contributed by atoms with Gasteiger partial charge in [-0.15, -0.1) is 0 Å². The minimum Gasteiger partial charge on any atom is -0.361 e. The maximum absolute atomic E-state index is 13.1. The van der Waals surface area contributed by atoms with Gasteiger partial charge < -0.3 is 15.0 Å². The lowest BCUT2D eigenvalue weighted by atomic mass is 9.90. The predicted octanol–water partition coefficient (Wildman–Crippen LogP) is 2.73. The molecular weight excluding hydrogens is 404 g/mol. The number of morpholine rings is 1. The molecule has 7 heteroatoms. The van der Waals surface area contributed by atoms with Crippen LogP contribution in [0.25, 0.3) is 11.1 Å². The lowest BCUT2D eigenvalue weighted by Gasteiger charge is -2.41. The van der Waals surface area contributed by atoms with Crippen LogP contribution in [-0.2, 0) is 16.0 Å². The minimum atomic E-state index is -1.15. The van der Waals surface area contributed by atoms with Gasteiger partial charge in [0.2, 0.25) is 0 Å². The molecule has 3 heterocycles. The third-order valence-corrected chi connectivity index (χ3v) is 5.59. The highest BCUT2D eigenvalue weighted by molar-refractivity contribution is 5.95. The molecule has 0 unspecified atom stereocenters. The maximum atomic E-state index is 13.1. The summed E-state index contributed by atoms with van der Waals surface area (Å²) in [5.41, 5.74) is 2.44. The molecule has 2 aromatic heterocycles. The number of nitrogens with one attached hydrogen (secondary N) is 1. The largest absolute Gasteiger partial charge is 0.361 e. The Morgan fingerprint density at radius 3 is 2.50 bits per heavy atom. The summed E-state index contributed by atoms with van der Waals surface area (Å²) in [5, 5.41) is 2.89. The van der Waals surface area contributed by atoms with Gasteiger partial charge in [-0.2, -0.15) is 0 Å². The number of benzene rings is 1. The highest BCUT2D eigenvalue weighted by Crippen LogP contribution is 2.27. The van der Waals surface area contributed by atoms with Gasteiger partial charge in [-0.1, -0.05) is 30.3 Å². The summed E-state index contributed by atoms with van der Waals surface area (Å²) in [6.45, 7) is 3.27. The monoisotopic (exact) mass is 430 g/mol. The normalized spacial score (nSPS) is 18.2. The number of amides is 2. The van der Waals surface area contributed by atoms with Gasteiger partial charge in [-0.3, -0.25) is 19.6 Å². The average molecular weight is 431 g/mol. The first-order valence-electron chi connectivity index (χ1n) is 10.7. The molecule has 0 aliphatic carbocycles. The first-order chi connectivity index (χ1) is 15.6. The van der Waals surface area contributed by atoms with Crippen molar-refractivity contribution >= 4 is 11.8 Å². The first-order valence-corrected chi connectivity index (χ1v) is 10.7. The summed E-state index contributed by atoms with van der Waals surface area (Å²) >= 11 is 0. The topological polar surface area (TPSA) is 84.4 Å². The predicted molar refractivity (Wildman–Crippen MR) is 121 cm³/mol. The van der Waals surface area contributed by atoms with Crippen molar-refractivity contribution in [3.8, 4) is 11.1 Å². The number of aromatic nitrogens is 2. The number of hydrogen-bond donors (Lipinski definition) is 1. The summed E-state index contributed by atoms with van der Waals surface area (Å²) < 4.78 is 6.09. The van der Waals surface area contributed by atoms with Crippen LogP contribution in [0.5, 0.6) is 0 Å². The summed E-state index contributed by atoms with van der Waals surface area (Å²) in [6.07, 6.45) is 7.11. The molecule has 0 radical (unpaired) electrons. The zero-order valence-electron chi connectivity index (χ0n) is 18.0. The molecule has 2 amide bonds. The molecule has 164 valence electrons. The Bertz CT molecular complexity index is 1060. The number of ether oxygens (including phenoxy) is 1. The Morgan fingerprint density at radius 1 is 1.03 bits per heavy atom. The van der Waals surface area contributed by atoms with Crippen LogP contribution in [0.3, 0.4) is 0 Å². The van der Waals surface area contributed by atoms with E-state index < -0.39 is 5.60 Å². The maximum Gasteiger partial charge on any atom is 0.254 e. The van der Waals surface area contributed by atoms with E-state index in [0.29, 0.717) is 31.7 Å². The third kappa shape index (κ3) is 4.68. The summed E-state index contributed by atoms with van der Waals surface area (Å²) in [7, 11) is 0. The fourth-order valence-electron chi connectivity index (χ4n) is 3.96. The fourth-order valence-corrected chi connectivity index (χ4v) is 3.96. The molecule has 1 fully saturated rings. The summed E-state index contributed by atoms with van der Waals surface area (Å²) in [5.74, 6) is -0.333. The van der Waals surface area contributed by atoms with E-state index in [1.165, 1.54) is 0 Å². The highest BCUT2D eigenvalue weighted by atomic mass is 16.5. The van der Waals surface area contributed by atoms with Crippen molar-refractivity contribution < 1.29 is 14.3 Å². The van der Waals surface area contributed by atoms with E-state index in [1.807, 2.05) is 49.5 Å². The second-order valence-electron chi connectivity index (χ2n) is 7.78. The average Bonchev–Trinajstić information content (AvgIpc) is 2.85. The molecule has 0 bridgehead atoms. The lowest BCUT2D eigenvalue weighted by molar-refractivity contribution is -0.157. The van der Waals surface area contributed by atoms with E-state index in [1.54, 1.807) is 35.6 Å². The summed E-state index contributed by atoms with van der Waals surface area (Å²) in [6, 6.07) is 15.3. The van der Waals surface area contributed by atoms with E-state index in [9.17, 15) is 9.59 Å². The Kier molecular flexibility index (Phi) is 6.56. The van der Waals surface area contributed by atoms with Crippen LogP contribution >= 0.6 is 0 Å². The van der Waals surface area contributed by atoms with Crippen molar-refractivity contribution in [2.45, 2.75) is 18.9 Å². The van der Waals surface area contributed by atoms with Crippen LogP contribution in [0.2, 0.25) is 0 Å². The highest BCUT2D eigenvalue weighted by Gasteiger charge is 2.45. The van der Waals surface area contributed by atoms with E-state index in [0.717, 1.165) is 16.7 Å². The van der Waals surface area contributed by atoms with Crippen molar-refractivity contribution in [3.05, 3.63) is 84.4 Å². The number of pyridine rings is 2. The van der Waals surface area contributed by atoms with Gasteiger partial charge in [-0.25, -0.2) is 0 Å². The van der Waals surface area contributed by atoms with E-state index in [2.05, 4.69) is 15.3 Å². The van der Waals surface area contributed by atoms with Crippen LogP contribution in [-0.4, -0.2) is 58.5 Å². The summed E-state index contributed by atoms with van der Waals surface area (Å²) in [4.78, 5) is 36.0. The van der Waals surface area contributed by atoms with Crippen molar-refractivity contribution in [1.82, 2.24) is 20.2 Å². The van der Waals surface area contributed by atoms with Crippen molar-refractivity contribution in [2.75, 3.05) is 26.2 Å². The minimum absolute atomic E-state index is 0.128. The number of likely N-dealkylation sites (N-methyl/N-ethyl adjacent to an activating group) is 1. The molecule has 1 N–H and O–H groups in total. The molecule has 1 aromatic carbocycles. The fraction of sp³-hybridized carbons (Fsp3) is 0.280. The van der Waals surface area contributed by atoms with Crippen molar-refractivity contribution in [3.63, 3.8) is 0 Å². The standard InChI is InChI=1S/C25H26N4O3/c1-2-28-24(31)25(16-19-5-7-20(8-6-19)22-4-3-11-27-17-22)18-29(14-15-32-25)23(30)21-9-12-26-13-10-21/h3-13,17H,2,14-16,18H2,1H3,(H,28,31)/t25-/m1/s1. The molecule has 1 atom stereocenters. The van der Waals surface area contributed by atoms with E-state index in [4.69, 9.17) is 4.74 Å². The Morgan fingerprint density at radius 2 is 1.81 bits per heavy atom. The van der Waals surface area contributed by atoms with Gasteiger partial charge in [-0.05, 0) is 41.8 Å². The smallest absolute Gasteiger partial charge is 0.254 e. The molecule has 1 saturated heterocycles. The molecule has 3 aromatic rings. The van der Waals surface area contributed by atoms with Crippen molar-refractivity contribution in [2.24, 2.45) is 0 Å². The lowest BCUT2D eigenvalue weighted by Crippen LogP contribution is -2.62. The zero-order valence-corrected chi connectivity index (χ0v) is 18.0. The van der Waals surface area contributed by atoms with Crippen LogP contribution < -0.4 is 5.32 Å². The van der Waals surface area contributed by atoms with Crippen molar-refractivity contribution in [1.29, 1.82) is 0 Å². The number of nitrogens with zero attached hydrogens (tertiary/aromatic N) is 3. The van der Waals surface area contributed by atoms with Crippen LogP contribution in [0.15, 0.2) is 73.3 Å². The Labute approximate surface area is 187 Å². The van der Waals surface area contributed by atoms with E-state index >= 15 is 0 Å². The van der Waals surface area contributed by atoms with Gasteiger partial charge in [0.25, 0.3) is 11.8 Å². The molecular formula is C25H26N4O3. The number of hydrogen-bond acceptors (Lipinski definition) is 5. The zero-order chi connectivity index (χ0) is 22.4. The molecule has 4 rings (SSSR count). The first kappa shape index (κ1) is 21.6. The second kappa shape index (κ2) is 9.70. The molecule has 1 aliphatic rings. The van der Waals surface area contributed by atoms with Gasteiger partial charge in [0, 0.05) is 49.9 Å². The van der Waals surface area contributed by atoms with Gasteiger partial charge in [0.05, 0.1) is 13.2 Å². The molecule has 0 spiro atoms. The van der Waals surface area contributed by atoms with Crippen LogP contribution in [0.4, 0.5) is 0 Å². The Balaban J connectivity index is 1.57. The molecule has 32 heavy (non-hydrogen) atoms. The number of carbonyl (C=O) groups excluding carboxylic acids is 2. The molecule has 0 saturated carbocycles. The van der Waals surface area contributed by atoms with Crippen LogP contribution in [0, 0.1) is 0 Å². The Hall–Kier alpha value is -3.58. The molecule has 1 aliphatic heterocycles. The number of carbonyl (C=O) groups is 2. The van der Waals surface area contributed by atoms with Gasteiger partial charge in [0.1, 0.15) is 0 Å². The van der Waals surface area contributed by atoms with Gasteiger partial charge >= 0.3 is 0 Å². The van der Waals surface area contributed by atoms with Gasteiger partial charge in [0.15, 0.2) is 5.60 Å². The third-order valence-electron chi connectivity index (χ3n) is 5.59. The van der Waals surface area contributed by atoms with E-state index in [-0.39, 0.29) is 18.4 Å². The number of rotatable bonds is 6. The second-order valence-corrected chi connectivity index (χ2v) is 7.78. The SMILES string of the molecule is CCNC(=O)[C@@]1(Cc2ccc(-c3cccnc3)cc2)CN(C(=O)c2ccncc2)CCO1. The van der Waals surface area contributed by atoms with Crippen LogP contribution in [0.1, 0.15) is 22.8 Å².